The molecular formula is C18H25N5. The van der Waals surface area contributed by atoms with Crippen molar-refractivity contribution < 1.29 is 0 Å². The molecule has 5 heteroatoms. The minimum absolute atomic E-state index is 0.657. The Balaban J connectivity index is 1.67. The summed E-state index contributed by atoms with van der Waals surface area (Å²) in [5.41, 5.74) is 2.36. The van der Waals surface area contributed by atoms with Crippen LogP contribution >= 0.6 is 0 Å². The van der Waals surface area contributed by atoms with Crippen LogP contribution in [0.2, 0.25) is 0 Å². The van der Waals surface area contributed by atoms with Gasteiger partial charge in [-0.25, -0.2) is 4.98 Å². The maximum Gasteiger partial charge on any atom is 0.229 e. The molecule has 23 heavy (non-hydrogen) atoms. The fraction of sp³-hybridized carbons (Fsp3) is 0.444. The highest BCUT2D eigenvalue weighted by Crippen LogP contribution is 2.18. The first-order chi connectivity index (χ1) is 11.3. The van der Waals surface area contributed by atoms with Gasteiger partial charge in [-0.05, 0) is 36.7 Å². The van der Waals surface area contributed by atoms with Gasteiger partial charge in [-0.15, -0.1) is 0 Å². The van der Waals surface area contributed by atoms with Gasteiger partial charge in [0.25, 0.3) is 0 Å². The number of rotatable bonds is 5. The zero-order valence-corrected chi connectivity index (χ0v) is 14.0. The zero-order valence-electron chi connectivity index (χ0n) is 14.0. The van der Waals surface area contributed by atoms with Crippen LogP contribution in [0.4, 0.5) is 17.5 Å². The van der Waals surface area contributed by atoms with E-state index in [1.54, 1.807) is 0 Å². The van der Waals surface area contributed by atoms with E-state index < -0.39 is 0 Å². The van der Waals surface area contributed by atoms with Crippen molar-refractivity contribution in [3.05, 3.63) is 42.1 Å². The summed E-state index contributed by atoms with van der Waals surface area (Å²) in [6.07, 6.45) is 2.88. The molecule has 1 aromatic carbocycles. The van der Waals surface area contributed by atoms with Crippen LogP contribution in [0.1, 0.15) is 19.4 Å². The van der Waals surface area contributed by atoms with Gasteiger partial charge in [0.05, 0.1) is 0 Å². The highest BCUT2D eigenvalue weighted by atomic mass is 15.3. The lowest BCUT2D eigenvalue weighted by molar-refractivity contribution is 0.270. The number of benzene rings is 1. The summed E-state index contributed by atoms with van der Waals surface area (Å²) >= 11 is 0. The second kappa shape index (κ2) is 7.42. The van der Waals surface area contributed by atoms with Gasteiger partial charge in [0, 0.05) is 38.1 Å². The van der Waals surface area contributed by atoms with Crippen molar-refractivity contribution in [2.45, 2.75) is 20.3 Å². The Morgan fingerprint density at radius 2 is 1.74 bits per heavy atom. The fourth-order valence-electron chi connectivity index (χ4n) is 2.83. The van der Waals surface area contributed by atoms with Crippen molar-refractivity contribution in [3.63, 3.8) is 0 Å². The topological polar surface area (TPSA) is 44.3 Å². The van der Waals surface area contributed by atoms with Crippen molar-refractivity contribution >= 4 is 17.5 Å². The fourth-order valence-corrected chi connectivity index (χ4v) is 2.83. The quantitative estimate of drug-likeness (QED) is 0.920. The lowest BCUT2D eigenvalue weighted by Crippen LogP contribution is -2.46. The van der Waals surface area contributed by atoms with Crippen LogP contribution in [0.25, 0.3) is 0 Å². The molecule has 1 aliphatic heterocycles. The van der Waals surface area contributed by atoms with E-state index in [1.807, 2.05) is 12.3 Å². The Kier molecular flexibility index (Phi) is 5.08. The van der Waals surface area contributed by atoms with Gasteiger partial charge in [0.15, 0.2) is 0 Å². The van der Waals surface area contributed by atoms with Gasteiger partial charge in [0.2, 0.25) is 5.95 Å². The van der Waals surface area contributed by atoms with Crippen LogP contribution in [0, 0.1) is 0 Å². The molecule has 0 aliphatic carbocycles. The summed E-state index contributed by atoms with van der Waals surface area (Å²) in [7, 11) is 0. The maximum atomic E-state index is 4.67. The molecule has 5 nitrogen and oxygen atoms in total. The average molecular weight is 311 g/mol. The summed E-state index contributed by atoms with van der Waals surface area (Å²) in [5.74, 6) is 1.66. The molecule has 0 spiro atoms. The van der Waals surface area contributed by atoms with Gasteiger partial charge in [-0.2, -0.15) is 4.98 Å². The molecule has 1 aromatic heterocycles. The van der Waals surface area contributed by atoms with E-state index in [1.165, 1.54) is 5.56 Å². The molecule has 0 atom stereocenters. The second-order valence-corrected chi connectivity index (χ2v) is 5.84. The third kappa shape index (κ3) is 3.99. The first kappa shape index (κ1) is 15.7. The molecule has 2 aromatic rings. The van der Waals surface area contributed by atoms with E-state index in [4.69, 9.17) is 0 Å². The van der Waals surface area contributed by atoms with Crippen molar-refractivity contribution in [1.29, 1.82) is 0 Å². The number of nitrogens with one attached hydrogen (secondary N) is 1. The summed E-state index contributed by atoms with van der Waals surface area (Å²) in [6, 6.07) is 10.4. The summed E-state index contributed by atoms with van der Waals surface area (Å²) in [4.78, 5) is 13.8. The lowest BCUT2D eigenvalue weighted by Gasteiger charge is -2.34. The molecule has 0 unspecified atom stereocenters. The van der Waals surface area contributed by atoms with E-state index >= 15 is 0 Å². The Bertz CT molecular complexity index is 618. The lowest BCUT2D eigenvalue weighted by atomic mass is 10.1. The SMILES string of the molecule is CCc1ccc(Nc2nccc(N3CCN(CC)CC3)n2)cc1. The Morgan fingerprint density at radius 3 is 2.39 bits per heavy atom. The number of aryl methyl sites for hydroxylation is 1. The third-order valence-corrected chi connectivity index (χ3v) is 4.40. The van der Waals surface area contributed by atoms with E-state index in [0.717, 1.165) is 50.6 Å². The minimum atomic E-state index is 0.657. The van der Waals surface area contributed by atoms with Gasteiger partial charge in [-0.1, -0.05) is 26.0 Å². The number of anilines is 3. The number of piperazine rings is 1. The predicted molar refractivity (Wildman–Crippen MR) is 95.5 cm³/mol. The van der Waals surface area contributed by atoms with Crippen LogP contribution in [0.5, 0.6) is 0 Å². The molecule has 0 bridgehead atoms. The summed E-state index contributed by atoms with van der Waals surface area (Å²) in [5, 5.41) is 3.30. The number of hydrogen-bond donors (Lipinski definition) is 1. The molecule has 1 fully saturated rings. The first-order valence-corrected chi connectivity index (χ1v) is 8.44. The van der Waals surface area contributed by atoms with Crippen LogP contribution < -0.4 is 10.2 Å². The minimum Gasteiger partial charge on any atom is -0.354 e. The largest absolute Gasteiger partial charge is 0.354 e. The summed E-state index contributed by atoms with van der Waals surface area (Å²) < 4.78 is 0. The van der Waals surface area contributed by atoms with Crippen LogP contribution in [-0.2, 0) is 6.42 Å². The van der Waals surface area contributed by atoms with Gasteiger partial charge >= 0.3 is 0 Å². The highest BCUT2D eigenvalue weighted by Gasteiger charge is 2.17. The Labute approximate surface area is 138 Å². The molecule has 0 radical (unpaired) electrons. The van der Waals surface area contributed by atoms with E-state index in [9.17, 15) is 0 Å². The standard InChI is InChI=1S/C18H25N5/c1-3-15-5-7-16(8-6-15)20-18-19-10-9-17(21-18)23-13-11-22(4-2)12-14-23/h5-10H,3-4,11-14H2,1-2H3,(H,19,20,21). The second-order valence-electron chi connectivity index (χ2n) is 5.84. The van der Waals surface area contributed by atoms with Crippen LogP contribution in [0.3, 0.4) is 0 Å². The molecule has 3 rings (SSSR count). The van der Waals surface area contributed by atoms with Crippen LogP contribution in [0.15, 0.2) is 36.5 Å². The Hall–Kier alpha value is -2.14. The molecule has 0 amide bonds. The van der Waals surface area contributed by atoms with E-state index in [2.05, 4.69) is 63.2 Å². The van der Waals surface area contributed by atoms with E-state index in [0.29, 0.717) is 5.95 Å². The molecule has 1 N–H and O–H groups in total. The number of hydrogen-bond acceptors (Lipinski definition) is 5. The van der Waals surface area contributed by atoms with Gasteiger partial charge in [0.1, 0.15) is 5.82 Å². The average Bonchev–Trinajstić information content (AvgIpc) is 2.63. The van der Waals surface area contributed by atoms with Crippen molar-refractivity contribution in [3.8, 4) is 0 Å². The van der Waals surface area contributed by atoms with Gasteiger partial charge < -0.3 is 15.1 Å². The maximum absolute atomic E-state index is 4.67. The van der Waals surface area contributed by atoms with Crippen molar-refractivity contribution in [2.75, 3.05) is 42.9 Å². The molecular weight excluding hydrogens is 286 g/mol. The first-order valence-electron chi connectivity index (χ1n) is 8.44. The molecule has 2 heterocycles. The normalized spacial score (nSPS) is 15.7. The highest BCUT2D eigenvalue weighted by molar-refractivity contribution is 5.55. The third-order valence-electron chi connectivity index (χ3n) is 4.40. The number of likely N-dealkylation sites (N-methyl/N-ethyl adjacent to an activating group) is 1. The monoisotopic (exact) mass is 311 g/mol. The number of nitrogens with zero attached hydrogens (tertiary/aromatic N) is 4. The summed E-state index contributed by atoms with van der Waals surface area (Å²) in [6.45, 7) is 9.74. The molecule has 122 valence electrons. The molecule has 1 saturated heterocycles. The smallest absolute Gasteiger partial charge is 0.229 e. The van der Waals surface area contributed by atoms with Crippen LogP contribution in [-0.4, -0.2) is 47.6 Å². The van der Waals surface area contributed by atoms with Gasteiger partial charge in [-0.3, -0.25) is 0 Å². The predicted octanol–water partition coefficient (Wildman–Crippen LogP) is 2.92. The van der Waals surface area contributed by atoms with Crippen molar-refractivity contribution in [1.82, 2.24) is 14.9 Å². The number of aromatic nitrogens is 2. The Morgan fingerprint density at radius 1 is 1.00 bits per heavy atom. The zero-order chi connectivity index (χ0) is 16.1. The van der Waals surface area contributed by atoms with E-state index in [-0.39, 0.29) is 0 Å². The molecule has 1 aliphatic rings. The van der Waals surface area contributed by atoms with Crippen molar-refractivity contribution in [2.24, 2.45) is 0 Å². The molecule has 0 saturated carbocycles.